The fraction of sp³-hybridized carbons (Fsp3) is 0.368. The Morgan fingerprint density at radius 1 is 1.05 bits per heavy atom. The summed E-state index contributed by atoms with van der Waals surface area (Å²) in [6.07, 6.45) is 1.21. The Labute approximate surface area is 142 Å². The van der Waals surface area contributed by atoms with Crippen LogP contribution in [0, 0.1) is 5.92 Å². The van der Waals surface area contributed by atoms with Crippen LogP contribution in [0.2, 0.25) is 0 Å². The first-order valence-electron chi connectivity index (χ1n) is 7.81. The average Bonchev–Trinajstić information content (AvgIpc) is 2.51. The topological polar surface area (TPSA) is 21.3 Å². The van der Waals surface area contributed by atoms with Crippen LogP contribution in [0.25, 0.3) is 0 Å². The van der Waals surface area contributed by atoms with Gasteiger partial charge in [-0.15, -0.1) is 0 Å². The van der Waals surface area contributed by atoms with Crippen molar-refractivity contribution in [3.05, 3.63) is 64.1 Å². The SMILES string of the molecule is CC(C)CCNCc1ccc(OCc2ccccc2)c(Br)c1. The maximum Gasteiger partial charge on any atom is 0.134 e. The summed E-state index contributed by atoms with van der Waals surface area (Å²) in [5, 5.41) is 3.48. The van der Waals surface area contributed by atoms with E-state index in [1.165, 1.54) is 17.5 Å². The van der Waals surface area contributed by atoms with Crippen molar-refractivity contribution in [1.29, 1.82) is 0 Å². The quantitative estimate of drug-likeness (QED) is 0.655. The molecule has 0 radical (unpaired) electrons. The van der Waals surface area contributed by atoms with Gasteiger partial charge >= 0.3 is 0 Å². The summed E-state index contributed by atoms with van der Waals surface area (Å²) in [6.45, 7) is 7.03. The zero-order valence-electron chi connectivity index (χ0n) is 13.3. The minimum atomic E-state index is 0.589. The zero-order valence-corrected chi connectivity index (χ0v) is 14.9. The summed E-state index contributed by atoms with van der Waals surface area (Å²) in [7, 11) is 0. The number of hydrogen-bond acceptors (Lipinski definition) is 2. The standard InChI is InChI=1S/C19H24BrNO/c1-15(2)10-11-21-13-17-8-9-19(18(20)12-17)22-14-16-6-4-3-5-7-16/h3-9,12,15,21H,10-11,13-14H2,1-2H3. The summed E-state index contributed by atoms with van der Waals surface area (Å²) in [6, 6.07) is 16.5. The molecule has 0 spiro atoms. The second-order valence-corrected chi connectivity index (χ2v) is 6.75. The fourth-order valence-corrected chi connectivity index (χ4v) is 2.67. The number of ether oxygens (including phenoxy) is 1. The van der Waals surface area contributed by atoms with E-state index in [9.17, 15) is 0 Å². The van der Waals surface area contributed by atoms with E-state index in [-0.39, 0.29) is 0 Å². The molecule has 0 amide bonds. The first-order valence-corrected chi connectivity index (χ1v) is 8.60. The molecular weight excluding hydrogens is 338 g/mol. The van der Waals surface area contributed by atoms with Gasteiger partial charge in [-0.2, -0.15) is 0 Å². The second kappa shape index (κ2) is 8.96. The minimum Gasteiger partial charge on any atom is -0.488 e. The third-order valence-electron chi connectivity index (χ3n) is 3.46. The summed E-state index contributed by atoms with van der Waals surface area (Å²) in [5.41, 5.74) is 2.44. The van der Waals surface area contributed by atoms with Gasteiger partial charge in [-0.1, -0.05) is 50.2 Å². The van der Waals surface area contributed by atoms with Crippen molar-refractivity contribution in [1.82, 2.24) is 5.32 Å². The lowest BCUT2D eigenvalue weighted by Crippen LogP contribution is -2.16. The molecule has 22 heavy (non-hydrogen) atoms. The van der Waals surface area contributed by atoms with Gasteiger partial charge in [0.2, 0.25) is 0 Å². The van der Waals surface area contributed by atoms with Gasteiger partial charge in [-0.05, 0) is 58.1 Å². The highest BCUT2D eigenvalue weighted by molar-refractivity contribution is 9.10. The van der Waals surface area contributed by atoms with Crippen molar-refractivity contribution < 1.29 is 4.74 Å². The van der Waals surface area contributed by atoms with Crippen molar-refractivity contribution >= 4 is 15.9 Å². The van der Waals surface area contributed by atoms with Gasteiger partial charge in [0.15, 0.2) is 0 Å². The Hall–Kier alpha value is -1.32. The van der Waals surface area contributed by atoms with Gasteiger partial charge in [0.25, 0.3) is 0 Å². The molecule has 0 unspecified atom stereocenters. The summed E-state index contributed by atoms with van der Waals surface area (Å²) in [4.78, 5) is 0. The molecule has 0 aliphatic heterocycles. The van der Waals surface area contributed by atoms with E-state index in [1.54, 1.807) is 0 Å². The molecule has 0 fully saturated rings. The number of nitrogens with one attached hydrogen (secondary N) is 1. The first kappa shape index (κ1) is 17.0. The number of rotatable bonds is 8. The molecule has 2 nitrogen and oxygen atoms in total. The van der Waals surface area contributed by atoms with Crippen LogP contribution in [0.4, 0.5) is 0 Å². The predicted molar refractivity (Wildman–Crippen MR) is 96.1 cm³/mol. The van der Waals surface area contributed by atoms with Gasteiger partial charge in [0, 0.05) is 6.54 Å². The molecular formula is C19H24BrNO. The van der Waals surface area contributed by atoms with E-state index < -0.39 is 0 Å². The highest BCUT2D eigenvalue weighted by atomic mass is 79.9. The molecule has 0 aliphatic carbocycles. The van der Waals surface area contributed by atoms with Gasteiger partial charge < -0.3 is 10.1 Å². The van der Waals surface area contributed by atoms with E-state index in [0.717, 1.165) is 29.2 Å². The monoisotopic (exact) mass is 361 g/mol. The van der Waals surface area contributed by atoms with E-state index >= 15 is 0 Å². The van der Waals surface area contributed by atoms with Gasteiger partial charge in [0.05, 0.1) is 4.47 Å². The van der Waals surface area contributed by atoms with Crippen LogP contribution >= 0.6 is 15.9 Å². The molecule has 0 atom stereocenters. The largest absolute Gasteiger partial charge is 0.488 e. The van der Waals surface area contributed by atoms with Crippen molar-refractivity contribution in [3.8, 4) is 5.75 Å². The van der Waals surface area contributed by atoms with E-state index in [2.05, 4.69) is 59.4 Å². The lowest BCUT2D eigenvalue weighted by molar-refractivity contribution is 0.304. The third kappa shape index (κ3) is 5.82. The number of benzene rings is 2. The van der Waals surface area contributed by atoms with Crippen molar-refractivity contribution in [3.63, 3.8) is 0 Å². The Bertz CT molecular complexity index is 569. The van der Waals surface area contributed by atoms with E-state index in [4.69, 9.17) is 4.74 Å². The van der Waals surface area contributed by atoms with Gasteiger partial charge in [-0.25, -0.2) is 0 Å². The van der Waals surface area contributed by atoms with Crippen molar-refractivity contribution in [2.75, 3.05) is 6.54 Å². The molecule has 0 saturated heterocycles. The van der Waals surface area contributed by atoms with E-state index in [1.807, 2.05) is 24.3 Å². The summed E-state index contributed by atoms with van der Waals surface area (Å²) >= 11 is 3.60. The first-order chi connectivity index (χ1) is 10.6. The molecule has 118 valence electrons. The zero-order chi connectivity index (χ0) is 15.8. The molecule has 0 saturated carbocycles. The minimum absolute atomic E-state index is 0.589. The molecule has 0 bridgehead atoms. The third-order valence-corrected chi connectivity index (χ3v) is 4.08. The molecule has 0 aliphatic rings. The lowest BCUT2D eigenvalue weighted by Gasteiger charge is -2.11. The number of halogens is 1. The molecule has 2 aromatic carbocycles. The normalized spacial score (nSPS) is 10.9. The fourth-order valence-electron chi connectivity index (χ4n) is 2.13. The van der Waals surface area contributed by atoms with Crippen molar-refractivity contribution in [2.24, 2.45) is 5.92 Å². The highest BCUT2D eigenvalue weighted by Crippen LogP contribution is 2.26. The summed E-state index contributed by atoms with van der Waals surface area (Å²) < 4.78 is 6.87. The lowest BCUT2D eigenvalue weighted by atomic mass is 10.1. The summed E-state index contributed by atoms with van der Waals surface area (Å²) in [5.74, 6) is 1.63. The van der Waals surface area contributed by atoms with Crippen molar-refractivity contribution in [2.45, 2.75) is 33.4 Å². The molecule has 2 aromatic rings. The highest BCUT2D eigenvalue weighted by Gasteiger charge is 2.03. The van der Waals surface area contributed by atoms with Crippen LogP contribution in [-0.2, 0) is 13.2 Å². The van der Waals surface area contributed by atoms with Crippen LogP contribution in [0.5, 0.6) is 5.75 Å². The maximum atomic E-state index is 5.87. The van der Waals surface area contributed by atoms with Gasteiger partial charge in [0.1, 0.15) is 12.4 Å². The Kier molecular flexibility index (Phi) is 6.94. The second-order valence-electron chi connectivity index (χ2n) is 5.90. The van der Waals surface area contributed by atoms with Crippen LogP contribution in [0.3, 0.4) is 0 Å². The molecule has 3 heteroatoms. The van der Waals surface area contributed by atoms with Crippen LogP contribution in [0.1, 0.15) is 31.4 Å². The Morgan fingerprint density at radius 2 is 1.82 bits per heavy atom. The maximum absolute atomic E-state index is 5.87. The molecule has 2 rings (SSSR count). The molecule has 0 aromatic heterocycles. The molecule has 1 N–H and O–H groups in total. The van der Waals surface area contributed by atoms with Crippen LogP contribution in [0.15, 0.2) is 53.0 Å². The molecule has 0 heterocycles. The predicted octanol–water partition coefficient (Wildman–Crippen LogP) is 5.16. The Morgan fingerprint density at radius 3 is 2.50 bits per heavy atom. The number of hydrogen-bond donors (Lipinski definition) is 1. The average molecular weight is 362 g/mol. The Balaban J connectivity index is 1.84. The van der Waals surface area contributed by atoms with Gasteiger partial charge in [-0.3, -0.25) is 0 Å². The van der Waals surface area contributed by atoms with Crippen LogP contribution < -0.4 is 10.1 Å². The smallest absolute Gasteiger partial charge is 0.134 e. The van der Waals surface area contributed by atoms with Crippen LogP contribution in [-0.4, -0.2) is 6.54 Å². The van der Waals surface area contributed by atoms with E-state index in [0.29, 0.717) is 6.61 Å².